The van der Waals surface area contributed by atoms with Crippen LogP contribution < -0.4 is 0 Å². The van der Waals surface area contributed by atoms with Gasteiger partial charge in [-0.2, -0.15) is 0 Å². The summed E-state index contributed by atoms with van der Waals surface area (Å²) in [6.07, 6.45) is 1.98. The van der Waals surface area contributed by atoms with Crippen molar-refractivity contribution in [3.63, 3.8) is 0 Å². The van der Waals surface area contributed by atoms with Crippen LogP contribution >= 0.6 is 11.3 Å². The number of aromatic nitrogens is 5. The minimum absolute atomic E-state index is 0.562. The highest BCUT2D eigenvalue weighted by atomic mass is 32.1. The lowest BCUT2D eigenvalue weighted by Crippen LogP contribution is -2.02. The number of para-hydroxylation sites is 2. The number of hydrogen-bond donors (Lipinski definition) is 0. The fourth-order valence-electron chi connectivity index (χ4n) is 8.74. The van der Waals surface area contributed by atoms with Crippen LogP contribution in [0.2, 0.25) is 0 Å². The second-order valence-electron chi connectivity index (χ2n) is 15.4. The van der Waals surface area contributed by atoms with Crippen LogP contribution in [0.1, 0.15) is 0 Å². The van der Waals surface area contributed by atoms with E-state index in [2.05, 4.69) is 144 Å². The maximum Gasteiger partial charge on any atom is 0.166 e. The second-order valence-corrected chi connectivity index (χ2v) is 16.5. The SMILES string of the molecule is c1ccc(-c2cccc(-c3cnc(-c4ccc5c(c4)sc4c5ccc5c6ccccc6n(-c6ccccc6)c54)c(-c4nc(-c5ccccc5)nc(-c5ccccc5)n4)c3)c2)cc1. The van der Waals surface area contributed by atoms with E-state index in [1.165, 1.54) is 42.0 Å². The zero-order chi connectivity index (χ0) is 41.0. The van der Waals surface area contributed by atoms with Crippen molar-refractivity contribution < 1.29 is 0 Å². The molecule has 12 aromatic rings. The van der Waals surface area contributed by atoms with Crippen molar-refractivity contribution >= 4 is 53.3 Å². The third-order valence-corrected chi connectivity index (χ3v) is 12.9. The summed E-state index contributed by atoms with van der Waals surface area (Å²) < 4.78 is 4.87. The molecule has 0 unspecified atom stereocenters. The van der Waals surface area contributed by atoms with Crippen LogP contribution in [0.4, 0.5) is 0 Å². The highest BCUT2D eigenvalue weighted by Gasteiger charge is 2.21. The Kier molecular flexibility index (Phi) is 8.61. The first-order valence-corrected chi connectivity index (χ1v) is 21.5. The third-order valence-electron chi connectivity index (χ3n) is 11.7. The summed E-state index contributed by atoms with van der Waals surface area (Å²) in [6.45, 7) is 0. The van der Waals surface area contributed by atoms with Gasteiger partial charge in [0.25, 0.3) is 0 Å². The lowest BCUT2D eigenvalue weighted by atomic mass is 9.97. The Morgan fingerprint density at radius 3 is 1.65 bits per heavy atom. The highest BCUT2D eigenvalue weighted by Crippen LogP contribution is 2.45. The zero-order valence-electron chi connectivity index (χ0n) is 33.4. The van der Waals surface area contributed by atoms with Crippen LogP contribution in [-0.4, -0.2) is 24.5 Å². The quantitative estimate of drug-likeness (QED) is 0.161. The van der Waals surface area contributed by atoms with Gasteiger partial charge in [0.1, 0.15) is 0 Å². The van der Waals surface area contributed by atoms with Crippen LogP contribution in [0.15, 0.2) is 212 Å². The molecule has 6 heteroatoms. The van der Waals surface area contributed by atoms with Crippen molar-refractivity contribution in [2.24, 2.45) is 0 Å². The van der Waals surface area contributed by atoms with Crippen molar-refractivity contribution in [1.29, 1.82) is 0 Å². The molecule has 0 saturated carbocycles. The summed E-state index contributed by atoms with van der Waals surface area (Å²) in [5.74, 6) is 1.77. The molecular weight excluding hydrogens is 775 g/mol. The van der Waals surface area contributed by atoms with Crippen LogP contribution in [0.5, 0.6) is 0 Å². The predicted octanol–water partition coefficient (Wildman–Crippen LogP) is 14.7. The molecule has 0 aliphatic carbocycles. The van der Waals surface area contributed by atoms with E-state index in [9.17, 15) is 0 Å². The number of thiophene rings is 1. The van der Waals surface area contributed by atoms with Gasteiger partial charge in [-0.15, -0.1) is 11.3 Å². The third kappa shape index (κ3) is 6.16. The standard InChI is InChI=1S/C56H35N5S/c1-5-16-36(17-6-1)39-22-15-23-40(32-39)42-33-48(56-59-54(37-18-7-2-8-19-37)58-55(60-56)38-20-9-3-10-21-38)51(57-35-42)41-28-29-45-47-31-30-46-44-26-13-14-27-49(44)61(43-24-11-4-12-25-43)52(46)53(47)62-50(45)34-41/h1-35H. The van der Waals surface area contributed by atoms with Crippen LogP contribution in [-0.2, 0) is 0 Å². The molecule has 0 radical (unpaired) electrons. The average Bonchev–Trinajstić information content (AvgIpc) is 3.90. The number of rotatable bonds is 7. The van der Waals surface area contributed by atoms with Gasteiger partial charge < -0.3 is 4.57 Å². The molecule has 0 aliphatic heterocycles. The minimum Gasteiger partial charge on any atom is -0.308 e. The van der Waals surface area contributed by atoms with Gasteiger partial charge >= 0.3 is 0 Å². The number of nitrogens with zero attached hydrogens (tertiary/aromatic N) is 5. The summed E-state index contributed by atoms with van der Waals surface area (Å²) in [4.78, 5) is 20.7. The zero-order valence-corrected chi connectivity index (χ0v) is 34.2. The molecule has 290 valence electrons. The molecule has 0 saturated heterocycles. The fraction of sp³-hybridized carbons (Fsp3) is 0. The second kappa shape index (κ2) is 14.9. The molecule has 0 fully saturated rings. The Labute approximate surface area is 361 Å². The van der Waals surface area contributed by atoms with E-state index < -0.39 is 0 Å². The monoisotopic (exact) mass is 809 g/mol. The lowest BCUT2D eigenvalue weighted by molar-refractivity contribution is 1.07. The van der Waals surface area contributed by atoms with Gasteiger partial charge in [-0.1, -0.05) is 170 Å². The smallest absolute Gasteiger partial charge is 0.166 e. The number of pyridine rings is 1. The Hall–Kier alpha value is -8.06. The van der Waals surface area contributed by atoms with Gasteiger partial charge in [0.15, 0.2) is 17.5 Å². The van der Waals surface area contributed by atoms with Gasteiger partial charge in [0.05, 0.1) is 21.4 Å². The summed E-state index contributed by atoms with van der Waals surface area (Å²) in [6, 6.07) is 72.3. The molecule has 0 bridgehead atoms. The lowest BCUT2D eigenvalue weighted by Gasteiger charge is -2.14. The Morgan fingerprint density at radius 1 is 0.371 bits per heavy atom. The van der Waals surface area contributed by atoms with Crippen LogP contribution in [0, 0.1) is 0 Å². The Balaban J connectivity index is 1.08. The van der Waals surface area contributed by atoms with Crippen LogP contribution in [0.25, 0.3) is 115 Å². The molecule has 4 heterocycles. The van der Waals surface area contributed by atoms with E-state index in [1.54, 1.807) is 0 Å². The van der Waals surface area contributed by atoms with E-state index in [0.717, 1.165) is 55.9 Å². The molecule has 4 aromatic heterocycles. The summed E-state index contributed by atoms with van der Waals surface area (Å²) in [5, 5.41) is 4.95. The first-order valence-electron chi connectivity index (χ1n) is 20.7. The summed E-state index contributed by atoms with van der Waals surface area (Å²) in [7, 11) is 0. The molecule has 0 aliphatic rings. The summed E-state index contributed by atoms with van der Waals surface area (Å²) in [5.41, 5.74) is 12.4. The first-order chi connectivity index (χ1) is 30.7. The molecule has 0 N–H and O–H groups in total. The molecule has 0 atom stereocenters. The van der Waals surface area contributed by atoms with Gasteiger partial charge in [0.2, 0.25) is 0 Å². The van der Waals surface area contributed by atoms with Gasteiger partial charge in [0, 0.05) is 65.9 Å². The molecule has 12 rings (SSSR count). The molecule has 0 amide bonds. The normalized spacial score (nSPS) is 11.5. The van der Waals surface area contributed by atoms with Crippen molar-refractivity contribution in [2.45, 2.75) is 0 Å². The van der Waals surface area contributed by atoms with Crippen LogP contribution in [0.3, 0.4) is 0 Å². The molecule has 8 aromatic carbocycles. The molecule has 5 nitrogen and oxygen atoms in total. The maximum atomic E-state index is 5.30. The number of hydrogen-bond acceptors (Lipinski definition) is 5. The molecule has 62 heavy (non-hydrogen) atoms. The van der Waals surface area contributed by atoms with Gasteiger partial charge in [-0.25, -0.2) is 15.0 Å². The van der Waals surface area contributed by atoms with Crippen molar-refractivity contribution in [3.05, 3.63) is 212 Å². The Morgan fingerprint density at radius 2 is 0.935 bits per heavy atom. The van der Waals surface area contributed by atoms with E-state index in [0.29, 0.717) is 17.5 Å². The van der Waals surface area contributed by atoms with Crippen molar-refractivity contribution in [1.82, 2.24) is 24.5 Å². The van der Waals surface area contributed by atoms with E-state index in [4.69, 9.17) is 19.9 Å². The summed E-state index contributed by atoms with van der Waals surface area (Å²) >= 11 is 1.83. The van der Waals surface area contributed by atoms with Crippen molar-refractivity contribution in [2.75, 3.05) is 0 Å². The van der Waals surface area contributed by atoms with E-state index >= 15 is 0 Å². The molecule has 0 spiro atoms. The Bertz CT molecular complexity index is 3560. The van der Waals surface area contributed by atoms with E-state index in [1.807, 2.05) is 84.3 Å². The largest absolute Gasteiger partial charge is 0.308 e. The minimum atomic E-state index is 0.562. The van der Waals surface area contributed by atoms with Gasteiger partial charge in [-0.3, -0.25) is 4.98 Å². The highest BCUT2D eigenvalue weighted by molar-refractivity contribution is 7.26. The number of fused-ring (bicyclic) bond motifs is 7. The maximum absolute atomic E-state index is 5.30. The first kappa shape index (κ1) is 35.8. The molecular formula is C56H35N5S. The fourth-order valence-corrected chi connectivity index (χ4v) is 10.0. The predicted molar refractivity (Wildman–Crippen MR) is 257 cm³/mol. The van der Waals surface area contributed by atoms with E-state index in [-0.39, 0.29) is 0 Å². The average molecular weight is 810 g/mol. The topological polar surface area (TPSA) is 56.5 Å². The van der Waals surface area contributed by atoms with Crippen molar-refractivity contribution in [3.8, 4) is 73.4 Å². The van der Waals surface area contributed by atoms with Gasteiger partial charge in [-0.05, 0) is 53.1 Å². The number of benzene rings is 8.